The maximum atomic E-state index is 6.34. The van der Waals surface area contributed by atoms with Crippen LogP contribution in [-0.2, 0) is 5.54 Å². The summed E-state index contributed by atoms with van der Waals surface area (Å²) in [5, 5.41) is 4.06. The summed E-state index contributed by atoms with van der Waals surface area (Å²) in [4.78, 5) is 4.45. The second-order valence-corrected chi connectivity index (χ2v) is 5.89. The molecule has 0 radical (unpaired) electrons. The van der Waals surface area contributed by atoms with Gasteiger partial charge in [-0.25, -0.2) is 0 Å². The van der Waals surface area contributed by atoms with Crippen molar-refractivity contribution in [2.24, 2.45) is 5.73 Å². The van der Waals surface area contributed by atoms with Gasteiger partial charge in [-0.3, -0.25) is 0 Å². The zero-order chi connectivity index (χ0) is 14.9. The molecule has 0 saturated heterocycles. The van der Waals surface area contributed by atoms with E-state index in [1.807, 2.05) is 38.1 Å². The minimum absolute atomic E-state index is 0.293. The van der Waals surface area contributed by atoms with Crippen molar-refractivity contribution < 1.29 is 9.26 Å². The maximum absolute atomic E-state index is 6.34. The number of nitrogens with two attached hydrogens (primary N) is 1. The fourth-order valence-corrected chi connectivity index (χ4v) is 2.70. The first-order valence-electron chi connectivity index (χ1n) is 7.43. The van der Waals surface area contributed by atoms with Crippen molar-refractivity contribution in [1.82, 2.24) is 10.1 Å². The molecule has 0 aliphatic heterocycles. The van der Waals surface area contributed by atoms with Crippen LogP contribution in [0.15, 0.2) is 28.8 Å². The normalized spacial score (nSPS) is 18.6. The van der Waals surface area contributed by atoms with Gasteiger partial charge >= 0.3 is 0 Å². The van der Waals surface area contributed by atoms with Gasteiger partial charge in [0, 0.05) is 0 Å². The molecule has 2 aromatic rings. The number of hydrogen-bond donors (Lipinski definition) is 1. The van der Waals surface area contributed by atoms with Gasteiger partial charge in [-0.2, -0.15) is 4.98 Å². The van der Waals surface area contributed by atoms with Gasteiger partial charge in [0.25, 0.3) is 5.89 Å². The molecule has 1 aromatic heterocycles. The molecule has 1 atom stereocenters. The Kier molecular flexibility index (Phi) is 3.68. The van der Waals surface area contributed by atoms with E-state index in [0.29, 0.717) is 11.7 Å². The molecule has 2 N–H and O–H groups in total. The first-order chi connectivity index (χ1) is 10.1. The summed E-state index contributed by atoms with van der Waals surface area (Å²) in [7, 11) is 0. The number of aromatic nitrogens is 2. The SMILES string of the molecule is Cc1ccc(OC(C)c2nc(C3(N)CCCC3)no2)cc1. The third-order valence-electron chi connectivity index (χ3n) is 4.06. The zero-order valence-electron chi connectivity index (χ0n) is 12.5. The highest BCUT2D eigenvalue weighted by Crippen LogP contribution is 2.35. The number of rotatable bonds is 4. The Bertz CT molecular complexity index is 600. The maximum Gasteiger partial charge on any atom is 0.267 e. The molecule has 5 heteroatoms. The number of nitrogens with zero attached hydrogens (tertiary/aromatic N) is 2. The molecule has 1 saturated carbocycles. The van der Waals surface area contributed by atoms with Crippen LogP contribution in [0.5, 0.6) is 5.75 Å². The Balaban J connectivity index is 1.72. The Hall–Kier alpha value is -1.88. The lowest BCUT2D eigenvalue weighted by Crippen LogP contribution is -2.34. The number of hydrogen-bond acceptors (Lipinski definition) is 5. The first kappa shape index (κ1) is 14.1. The van der Waals surface area contributed by atoms with Crippen LogP contribution in [0.1, 0.15) is 56.0 Å². The van der Waals surface area contributed by atoms with Gasteiger partial charge in [0.15, 0.2) is 11.9 Å². The Labute approximate surface area is 124 Å². The van der Waals surface area contributed by atoms with Crippen molar-refractivity contribution in [1.29, 1.82) is 0 Å². The Morgan fingerprint density at radius 1 is 1.24 bits per heavy atom. The third-order valence-corrected chi connectivity index (χ3v) is 4.06. The molecule has 21 heavy (non-hydrogen) atoms. The van der Waals surface area contributed by atoms with E-state index in [1.165, 1.54) is 5.56 Å². The predicted molar refractivity (Wildman–Crippen MR) is 78.9 cm³/mol. The average Bonchev–Trinajstić information content (AvgIpc) is 3.11. The van der Waals surface area contributed by atoms with Crippen LogP contribution in [0, 0.1) is 6.92 Å². The highest BCUT2D eigenvalue weighted by atomic mass is 16.5. The van der Waals surface area contributed by atoms with Crippen LogP contribution in [0.4, 0.5) is 0 Å². The van der Waals surface area contributed by atoms with Crippen molar-refractivity contribution in [2.45, 2.75) is 51.2 Å². The molecule has 0 bridgehead atoms. The molecule has 0 spiro atoms. The van der Waals surface area contributed by atoms with E-state index >= 15 is 0 Å². The lowest BCUT2D eigenvalue weighted by Gasteiger charge is -2.17. The van der Waals surface area contributed by atoms with Crippen LogP contribution in [0.25, 0.3) is 0 Å². The molecule has 1 unspecified atom stereocenters. The standard InChI is InChI=1S/C16H21N3O2/c1-11-5-7-13(8-6-11)20-12(2)14-18-15(19-21-14)16(17)9-3-4-10-16/h5-8,12H,3-4,9-10,17H2,1-2H3. The molecule has 1 fully saturated rings. The first-order valence-corrected chi connectivity index (χ1v) is 7.43. The molecule has 1 heterocycles. The molecule has 112 valence electrons. The summed E-state index contributed by atoms with van der Waals surface area (Å²) < 4.78 is 11.2. The van der Waals surface area contributed by atoms with Gasteiger partial charge in [-0.1, -0.05) is 35.7 Å². The number of benzene rings is 1. The summed E-state index contributed by atoms with van der Waals surface area (Å²) >= 11 is 0. The second kappa shape index (κ2) is 5.48. The third kappa shape index (κ3) is 2.93. The number of ether oxygens (including phenoxy) is 1. The van der Waals surface area contributed by atoms with Gasteiger partial charge in [0.1, 0.15) is 5.75 Å². The van der Waals surface area contributed by atoms with E-state index in [0.717, 1.165) is 31.4 Å². The highest BCUT2D eigenvalue weighted by molar-refractivity contribution is 5.26. The van der Waals surface area contributed by atoms with E-state index in [1.54, 1.807) is 0 Å². The van der Waals surface area contributed by atoms with Crippen LogP contribution in [0.3, 0.4) is 0 Å². The van der Waals surface area contributed by atoms with E-state index in [4.69, 9.17) is 15.0 Å². The van der Waals surface area contributed by atoms with Crippen LogP contribution < -0.4 is 10.5 Å². The topological polar surface area (TPSA) is 74.2 Å². The highest BCUT2D eigenvalue weighted by Gasteiger charge is 2.36. The summed E-state index contributed by atoms with van der Waals surface area (Å²) in [6.07, 6.45) is 3.78. The van der Waals surface area contributed by atoms with Crippen molar-refractivity contribution in [3.8, 4) is 5.75 Å². The Morgan fingerprint density at radius 2 is 1.90 bits per heavy atom. The molecule has 0 amide bonds. The van der Waals surface area contributed by atoms with Crippen LogP contribution >= 0.6 is 0 Å². The van der Waals surface area contributed by atoms with Crippen molar-refractivity contribution in [3.05, 3.63) is 41.5 Å². The van der Waals surface area contributed by atoms with Gasteiger partial charge in [0.2, 0.25) is 0 Å². The van der Waals surface area contributed by atoms with E-state index in [-0.39, 0.29) is 6.10 Å². The lowest BCUT2D eigenvalue weighted by molar-refractivity contribution is 0.175. The van der Waals surface area contributed by atoms with Gasteiger partial charge < -0.3 is 15.0 Å². The molecule has 1 aliphatic rings. The summed E-state index contributed by atoms with van der Waals surface area (Å²) in [6.45, 7) is 3.94. The van der Waals surface area contributed by atoms with Crippen molar-refractivity contribution in [3.63, 3.8) is 0 Å². The van der Waals surface area contributed by atoms with E-state index < -0.39 is 5.54 Å². The van der Waals surface area contributed by atoms with Gasteiger partial charge in [-0.05, 0) is 38.8 Å². The lowest BCUT2D eigenvalue weighted by atomic mass is 9.99. The van der Waals surface area contributed by atoms with Crippen molar-refractivity contribution in [2.75, 3.05) is 0 Å². The molecule has 3 rings (SSSR count). The minimum atomic E-state index is -0.425. The van der Waals surface area contributed by atoms with Crippen LogP contribution in [0.2, 0.25) is 0 Å². The fraction of sp³-hybridized carbons (Fsp3) is 0.500. The fourth-order valence-electron chi connectivity index (χ4n) is 2.70. The van der Waals surface area contributed by atoms with E-state index in [2.05, 4.69) is 10.1 Å². The summed E-state index contributed by atoms with van der Waals surface area (Å²) in [6, 6.07) is 7.89. The average molecular weight is 287 g/mol. The molecular weight excluding hydrogens is 266 g/mol. The zero-order valence-corrected chi connectivity index (χ0v) is 12.5. The van der Waals surface area contributed by atoms with Gasteiger partial charge in [0.05, 0.1) is 5.54 Å². The van der Waals surface area contributed by atoms with Gasteiger partial charge in [-0.15, -0.1) is 0 Å². The molecule has 5 nitrogen and oxygen atoms in total. The largest absolute Gasteiger partial charge is 0.481 e. The monoisotopic (exact) mass is 287 g/mol. The molecular formula is C16H21N3O2. The summed E-state index contributed by atoms with van der Waals surface area (Å²) in [5.74, 6) is 1.87. The second-order valence-electron chi connectivity index (χ2n) is 5.89. The van der Waals surface area contributed by atoms with Crippen LogP contribution in [-0.4, -0.2) is 10.1 Å². The Morgan fingerprint density at radius 3 is 2.57 bits per heavy atom. The smallest absolute Gasteiger partial charge is 0.267 e. The number of aryl methyl sites for hydroxylation is 1. The molecule has 1 aromatic carbocycles. The van der Waals surface area contributed by atoms with E-state index in [9.17, 15) is 0 Å². The molecule has 1 aliphatic carbocycles. The summed E-state index contributed by atoms with van der Waals surface area (Å²) in [5.41, 5.74) is 7.11. The van der Waals surface area contributed by atoms with Crippen molar-refractivity contribution >= 4 is 0 Å². The minimum Gasteiger partial charge on any atom is -0.481 e. The predicted octanol–water partition coefficient (Wildman–Crippen LogP) is 3.25. The quantitative estimate of drug-likeness (QED) is 0.934.